The number of urea groups is 1. The molecule has 1 saturated carbocycles. The molecular formula is C17H26N2O2. The van der Waals surface area contributed by atoms with Gasteiger partial charge in [0.15, 0.2) is 0 Å². The first-order valence-corrected chi connectivity index (χ1v) is 7.87. The van der Waals surface area contributed by atoms with Crippen LogP contribution >= 0.6 is 0 Å². The molecule has 1 fully saturated rings. The molecule has 116 valence electrons. The van der Waals surface area contributed by atoms with Gasteiger partial charge in [-0.1, -0.05) is 36.8 Å². The molecule has 2 N–H and O–H groups in total. The average molecular weight is 290 g/mol. The molecule has 2 rings (SSSR count). The van der Waals surface area contributed by atoms with Crippen LogP contribution in [0, 0.1) is 5.41 Å². The minimum atomic E-state index is -0.0640. The van der Waals surface area contributed by atoms with Crippen LogP contribution in [0.3, 0.4) is 0 Å². The van der Waals surface area contributed by atoms with Crippen LogP contribution in [-0.4, -0.2) is 42.3 Å². The van der Waals surface area contributed by atoms with E-state index in [1.807, 2.05) is 13.0 Å². The van der Waals surface area contributed by atoms with E-state index in [0.717, 1.165) is 13.0 Å². The van der Waals surface area contributed by atoms with Crippen molar-refractivity contribution < 1.29 is 9.90 Å². The van der Waals surface area contributed by atoms with Crippen LogP contribution in [0.5, 0.6) is 0 Å². The standard InChI is InChI=1S/C17H26N2O2/c1-2-19(11-12-20)16(21)18-14-17(9-6-10-17)13-15-7-4-3-5-8-15/h3-5,7-8,20H,2,6,9-14H2,1H3,(H,18,21). The monoisotopic (exact) mass is 290 g/mol. The van der Waals surface area contributed by atoms with Gasteiger partial charge in [-0.25, -0.2) is 4.79 Å². The summed E-state index contributed by atoms with van der Waals surface area (Å²) in [5.41, 5.74) is 1.56. The molecule has 0 atom stereocenters. The van der Waals surface area contributed by atoms with Gasteiger partial charge in [0.25, 0.3) is 0 Å². The molecule has 0 spiro atoms. The first kappa shape index (κ1) is 15.8. The molecule has 0 unspecified atom stereocenters. The quantitative estimate of drug-likeness (QED) is 0.810. The number of hydrogen-bond acceptors (Lipinski definition) is 2. The first-order valence-electron chi connectivity index (χ1n) is 7.87. The highest BCUT2D eigenvalue weighted by molar-refractivity contribution is 5.74. The summed E-state index contributed by atoms with van der Waals surface area (Å²) < 4.78 is 0. The van der Waals surface area contributed by atoms with Crippen molar-refractivity contribution >= 4 is 6.03 Å². The van der Waals surface area contributed by atoms with E-state index >= 15 is 0 Å². The molecule has 0 heterocycles. The van der Waals surface area contributed by atoms with E-state index in [1.165, 1.54) is 24.8 Å². The van der Waals surface area contributed by atoms with Crippen molar-refractivity contribution in [1.29, 1.82) is 0 Å². The van der Waals surface area contributed by atoms with Crippen molar-refractivity contribution in [1.82, 2.24) is 10.2 Å². The second kappa shape index (κ2) is 7.46. The van der Waals surface area contributed by atoms with Gasteiger partial charge in [0, 0.05) is 19.6 Å². The van der Waals surface area contributed by atoms with Crippen molar-refractivity contribution in [2.75, 3.05) is 26.2 Å². The lowest BCUT2D eigenvalue weighted by molar-refractivity contribution is 0.124. The average Bonchev–Trinajstić information content (AvgIpc) is 2.48. The number of carbonyl (C=O) groups excluding carboxylic acids is 1. The lowest BCUT2D eigenvalue weighted by atomic mass is 9.65. The van der Waals surface area contributed by atoms with E-state index < -0.39 is 0 Å². The number of hydrogen-bond donors (Lipinski definition) is 2. The highest BCUT2D eigenvalue weighted by Gasteiger charge is 2.37. The Labute approximate surface area is 127 Å². The number of rotatable bonds is 7. The summed E-state index contributed by atoms with van der Waals surface area (Å²) in [5, 5.41) is 12.0. The predicted molar refractivity (Wildman–Crippen MR) is 84.2 cm³/mol. The Morgan fingerprint density at radius 3 is 2.57 bits per heavy atom. The Kier molecular flexibility index (Phi) is 5.62. The van der Waals surface area contributed by atoms with Crippen LogP contribution < -0.4 is 5.32 Å². The fourth-order valence-electron chi connectivity index (χ4n) is 3.02. The molecule has 0 aliphatic heterocycles. The van der Waals surface area contributed by atoms with E-state index in [2.05, 4.69) is 29.6 Å². The number of aliphatic hydroxyl groups is 1. The van der Waals surface area contributed by atoms with E-state index in [4.69, 9.17) is 5.11 Å². The molecule has 1 aromatic rings. The second-order valence-corrected chi connectivity index (χ2v) is 5.98. The molecule has 2 amide bonds. The van der Waals surface area contributed by atoms with E-state index in [0.29, 0.717) is 13.1 Å². The fraction of sp³-hybridized carbons (Fsp3) is 0.588. The van der Waals surface area contributed by atoms with Crippen LogP contribution in [-0.2, 0) is 6.42 Å². The summed E-state index contributed by atoms with van der Waals surface area (Å²) >= 11 is 0. The number of aliphatic hydroxyl groups excluding tert-OH is 1. The lowest BCUT2D eigenvalue weighted by Gasteiger charge is -2.42. The van der Waals surface area contributed by atoms with Gasteiger partial charge in [0.2, 0.25) is 0 Å². The Morgan fingerprint density at radius 1 is 1.33 bits per heavy atom. The van der Waals surface area contributed by atoms with Crippen molar-refractivity contribution in [2.24, 2.45) is 5.41 Å². The molecule has 4 heteroatoms. The summed E-state index contributed by atoms with van der Waals surface area (Å²) in [4.78, 5) is 13.8. The number of carbonyl (C=O) groups is 1. The van der Waals surface area contributed by atoms with Gasteiger partial charge in [-0.05, 0) is 37.2 Å². The number of nitrogens with one attached hydrogen (secondary N) is 1. The minimum absolute atomic E-state index is 0.0103. The van der Waals surface area contributed by atoms with Crippen LogP contribution in [0.25, 0.3) is 0 Å². The van der Waals surface area contributed by atoms with Gasteiger partial charge in [0.05, 0.1) is 6.61 Å². The van der Waals surface area contributed by atoms with Gasteiger partial charge in [0.1, 0.15) is 0 Å². The summed E-state index contributed by atoms with van der Waals surface area (Å²) in [6.07, 6.45) is 4.62. The van der Waals surface area contributed by atoms with E-state index in [1.54, 1.807) is 4.90 Å². The third-order valence-corrected chi connectivity index (χ3v) is 4.49. The number of benzene rings is 1. The van der Waals surface area contributed by atoms with Crippen LogP contribution in [0.15, 0.2) is 30.3 Å². The molecule has 1 aliphatic rings. The Hall–Kier alpha value is -1.55. The maximum Gasteiger partial charge on any atom is 0.317 e. The zero-order valence-corrected chi connectivity index (χ0v) is 12.8. The molecule has 0 bridgehead atoms. The van der Waals surface area contributed by atoms with Crippen LogP contribution in [0.2, 0.25) is 0 Å². The zero-order valence-electron chi connectivity index (χ0n) is 12.8. The maximum absolute atomic E-state index is 12.1. The van der Waals surface area contributed by atoms with Gasteiger partial charge < -0.3 is 15.3 Å². The van der Waals surface area contributed by atoms with Gasteiger partial charge in [-0.2, -0.15) is 0 Å². The Balaban J connectivity index is 1.89. The predicted octanol–water partition coefficient (Wildman–Crippen LogP) is 2.42. The molecule has 0 aromatic heterocycles. The van der Waals surface area contributed by atoms with Crippen LogP contribution in [0.1, 0.15) is 31.7 Å². The molecule has 1 aliphatic carbocycles. The number of amides is 2. The van der Waals surface area contributed by atoms with Crippen molar-refractivity contribution in [3.8, 4) is 0 Å². The van der Waals surface area contributed by atoms with Crippen molar-refractivity contribution in [3.05, 3.63) is 35.9 Å². The van der Waals surface area contributed by atoms with Crippen LogP contribution in [0.4, 0.5) is 4.79 Å². The van der Waals surface area contributed by atoms with Gasteiger partial charge in [-0.15, -0.1) is 0 Å². The highest BCUT2D eigenvalue weighted by Crippen LogP contribution is 2.43. The maximum atomic E-state index is 12.1. The Morgan fingerprint density at radius 2 is 2.05 bits per heavy atom. The first-order chi connectivity index (χ1) is 10.2. The summed E-state index contributed by atoms with van der Waals surface area (Å²) in [5.74, 6) is 0. The zero-order chi connectivity index (χ0) is 15.1. The molecule has 1 aromatic carbocycles. The highest BCUT2D eigenvalue weighted by atomic mass is 16.3. The third-order valence-electron chi connectivity index (χ3n) is 4.49. The van der Waals surface area contributed by atoms with E-state index in [9.17, 15) is 4.79 Å². The fourth-order valence-corrected chi connectivity index (χ4v) is 3.02. The smallest absolute Gasteiger partial charge is 0.317 e. The number of likely N-dealkylation sites (N-methyl/N-ethyl adjacent to an activating group) is 1. The van der Waals surface area contributed by atoms with E-state index in [-0.39, 0.29) is 18.1 Å². The molecule has 0 radical (unpaired) electrons. The minimum Gasteiger partial charge on any atom is -0.395 e. The summed E-state index contributed by atoms with van der Waals surface area (Å²) in [6, 6.07) is 10.4. The lowest BCUT2D eigenvalue weighted by Crippen LogP contribution is -2.48. The van der Waals surface area contributed by atoms with Crippen molar-refractivity contribution in [2.45, 2.75) is 32.6 Å². The second-order valence-electron chi connectivity index (χ2n) is 5.98. The largest absolute Gasteiger partial charge is 0.395 e. The SMILES string of the molecule is CCN(CCO)C(=O)NCC1(Cc2ccccc2)CCC1. The van der Waals surface area contributed by atoms with Gasteiger partial charge >= 0.3 is 6.03 Å². The molecule has 4 nitrogen and oxygen atoms in total. The summed E-state index contributed by atoms with van der Waals surface area (Å²) in [6.45, 7) is 3.68. The third kappa shape index (κ3) is 4.21. The van der Waals surface area contributed by atoms with Gasteiger partial charge in [-0.3, -0.25) is 0 Å². The normalized spacial score (nSPS) is 16.1. The summed E-state index contributed by atoms with van der Waals surface area (Å²) in [7, 11) is 0. The van der Waals surface area contributed by atoms with Crippen molar-refractivity contribution in [3.63, 3.8) is 0 Å². The topological polar surface area (TPSA) is 52.6 Å². The molecule has 0 saturated heterocycles. The molecule has 21 heavy (non-hydrogen) atoms. The number of nitrogens with zero attached hydrogens (tertiary/aromatic N) is 1. The molecular weight excluding hydrogens is 264 g/mol. The Bertz CT molecular complexity index is 443.